The molecule has 2 saturated heterocycles. The Morgan fingerprint density at radius 1 is 0.875 bits per heavy atom. The second-order valence-corrected chi connectivity index (χ2v) is 10.2. The van der Waals surface area contributed by atoms with E-state index in [0.717, 1.165) is 27.5 Å². The number of hydrogen-bond donors (Lipinski definition) is 1. The first-order chi connectivity index (χ1) is 19.5. The van der Waals surface area contributed by atoms with Crippen LogP contribution >= 0.6 is 0 Å². The van der Waals surface area contributed by atoms with E-state index in [1.165, 1.54) is 5.01 Å². The number of urea groups is 1. The van der Waals surface area contributed by atoms with E-state index in [0.29, 0.717) is 13.1 Å². The van der Waals surface area contributed by atoms with Gasteiger partial charge in [0, 0.05) is 20.1 Å². The Morgan fingerprint density at radius 2 is 1.55 bits per heavy atom. The third-order valence-corrected chi connectivity index (χ3v) is 7.78. The van der Waals surface area contributed by atoms with Gasteiger partial charge in [-0.2, -0.15) is 5.01 Å². The van der Waals surface area contributed by atoms with Gasteiger partial charge in [0.05, 0.1) is 13.1 Å². The summed E-state index contributed by atoms with van der Waals surface area (Å²) in [4.78, 5) is 44.1. The van der Waals surface area contributed by atoms with Gasteiger partial charge in [-0.15, -0.1) is 0 Å². The van der Waals surface area contributed by atoms with Gasteiger partial charge in [-0.3, -0.25) is 14.6 Å². The normalized spacial score (nSPS) is 19.1. The van der Waals surface area contributed by atoms with Gasteiger partial charge in [-0.1, -0.05) is 103 Å². The SMILES string of the molecule is CN(C(=O)NCc1ccccc1)N1CC(=O)N2[C@@H](c3ccccc3)C(=O)N(Cc3cccc4ccccc34)C[C@@H]21. The molecule has 4 amide bonds. The summed E-state index contributed by atoms with van der Waals surface area (Å²) in [5.41, 5.74) is 2.78. The molecular formula is C32H31N5O3. The van der Waals surface area contributed by atoms with Crippen molar-refractivity contribution in [1.29, 1.82) is 0 Å². The molecule has 1 N–H and O–H groups in total. The van der Waals surface area contributed by atoms with Crippen molar-refractivity contribution in [3.8, 4) is 0 Å². The van der Waals surface area contributed by atoms with Crippen molar-refractivity contribution in [2.24, 2.45) is 0 Å². The minimum atomic E-state index is -0.770. The topological polar surface area (TPSA) is 76.2 Å². The molecule has 0 unspecified atom stereocenters. The van der Waals surface area contributed by atoms with E-state index < -0.39 is 12.2 Å². The van der Waals surface area contributed by atoms with Crippen molar-refractivity contribution in [1.82, 2.24) is 25.1 Å². The molecule has 0 aliphatic carbocycles. The van der Waals surface area contributed by atoms with Gasteiger partial charge in [0.2, 0.25) is 5.91 Å². The van der Waals surface area contributed by atoms with Crippen molar-refractivity contribution >= 4 is 28.6 Å². The van der Waals surface area contributed by atoms with Crippen molar-refractivity contribution in [2.45, 2.75) is 25.3 Å². The van der Waals surface area contributed by atoms with Crippen LogP contribution in [0, 0.1) is 0 Å². The molecule has 40 heavy (non-hydrogen) atoms. The zero-order valence-electron chi connectivity index (χ0n) is 22.3. The van der Waals surface area contributed by atoms with Gasteiger partial charge < -0.3 is 15.1 Å². The van der Waals surface area contributed by atoms with Crippen LogP contribution in [0.4, 0.5) is 4.79 Å². The number of hydrogen-bond acceptors (Lipinski definition) is 4. The third-order valence-electron chi connectivity index (χ3n) is 7.78. The van der Waals surface area contributed by atoms with E-state index in [1.807, 2.05) is 89.8 Å². The fourth-order valence-electron chi connectivity index (χ4n) is 5.74. The molecule has 0 bridgehead atoms. The number of hydrazine groups is 1. The Labute approximate surface area is 233 Å². The lowest BCUT2D eigenvalue weighted by Gasteiger charge is -2.46. The summed E-state index contributed by atoms with van der Waals surface area (Å²) in [5, 5.41) is 8.38. The lowest BCUT2D eigenvalue weighted by molar-refractivity contribution is -0.157. The third kappa shape index (κ3) is 4.78. The second kappa shape index (κ2) is 10.8. The van der Waals surface area contributed by atoms with Crippen LogP contribution in [0.5, 0.6) is 0 Å². The largest absolute Gasteiger partial charge is 0.333 e. The molecular weight excluding hydrogens is 502 g/mol. The predicted molar refractivity (Wildman–Crippen MR) is 152 cm³/mol. The average Bonchev–Trinajstić information content (AvgIpc) is 3.32. The van der Waals surface area contributed by atoms with Crippen molar-refractivity contribution in [2.75, 3.05) is 20.1 Å². The minimum absolute atomic E-state index is 0.0125. The van der Waals surface area contributed by atoms with Crippen LogP contribution in [0.25, 0.3) is 10.8 Å². The minimum Gasteiger partial charge on any atom is -0.333 e. The number of rotatable bonds is 6. The molecule has 8 nitrogen and oxygen atoms in total. The monoisotopic (exact) mass is 533 g/mol. The Morgan fingerprint density at radius 3 is 2.33 bits per heavy atom. The molecule has 202 valence electrons. The summed E-state index contributed by atoms with van der Waals surface area (Å²) in [6.07, 6.45) is -0.488. The zero-order valence-corrected chi connectivity index (χ0v) is 22.3. The fourth-order valence-corrected chi connectivity index (χ4v) is 5.74. The molecule has 2 fully saturated rings. The summed E-state index contributed by atoms with van der Waals surface area (Å²) >= 11 is 0. The first-order valence-electron chi connectivity index (χ1n) is 13.4. The van der Waals surface area contributed by atoms with E-state index in [9.17, 15) is 14.4 Å². The number of carbonyl (C=O) groups excluding carboxylic acids is 3. The second-order valence-electron chi connectivity index (χ2n) is 10.2. The van der Waals surface area contributed by atoms with Gasteiger partial charge in [0.15, 0.2) is 0 Å². The zero-order chi connectivity index (χ0) is 27.6. The van der Waals surface area contributed by atoms with Crippen molar-refractivity contribution < 1.29 is 14.4 Å². The molecule has 0 aromatic heterocycles. The summed E-state index contributed by atoms with van der Waals surface area (Å²) in [6.45, 7) is 1.07. The highest BCUT2D eigenvalue weighted by molar-refractivity contribution is 5.93. The number of fused-ring (bicyclic) bond motifs is 2. The molecule has 4 aromatic rings. The molecule has 2 aliphatic heterocycles. The lowest BCUT2D eigenvalue weighted by atomic mass is 9.99. The van der Waals surface area contributed by atoms with Crippen LogP contribution in [0.1, 0.15) is 22.7 Å². The molecule has 2 atom stereocenters. The molecule has 8 heteroatoms. The fraction of sp³-hybridized carbons (Fsp3) is 0.219. The van der Waals surface area contributed by atoms with Gasteiger partial charge in [0.1, 0.15) is 12.2 Å². The summed E-state index contributed by atoms with van der Waals surface area (Å²) in [5.74, 6) is -0.304. The van der Waals surface area contributed by atoms with Crippen LogP contribution in [0.15, 0.2) is 103 Å². The molecule has 2 aliphatic rings. The van der Waals surface area contributed by atoms with Gasteiger partial charge in [-0.05, 0) is 27.5 Å². The predicted octanol–water partition coefficient (Wildman–Crippen LogP) is 4.15. The van der Waals surface area contributed by atoms with Crippen LogP contribution in [-0.4, -0.2) is 64.0 Å². The molecule has 0 radical (unpaired) electrons. The molecule has 2 heterocycles. The summed E-state index contributed by atoms with van der Waals surface area (Å²) < 4.78 is 0. The van der Waals surface area contributed by atoms with Crippen LogP contribution in [0.3, 0.4) is 0 Å². The van der Waals surface area contributed by atoms with E-state index in [-0.39, 0.29) is 30.9 Å². The van der Waals surface area contributed by atoms with E-state index in [2.05, 4.69) is 23.5 Å². The average molecular weight is 534 g/mol. The van der Waals surface area contributed by atoms with Gasteiger partial charge in [0.25, 0.3) is 5.91 Å². The smallest absolute Gasteiger partial charge is 0.332 e. The number of piperazine rings is 1. The maximum Gasteiger partial charge on any atom is 0.332 e. The highest BCUT2D eigenvalue weighted by Gasteiger charge is 2.52. The number of amides is 4. The lowest BCUT2D eigenvalue weighted by Crippen LogP contribution is -2.62. The molecule has 4 aromatic carbocycles. The van der Waals surface area contributed by atoms with Crippen molar-refractivity contribution in [3.63, 3.8) is 0 Å². The maximum absolute atomic E-state index is 14.0. The van der Waals surface area contributed by atoms with E-state index >= 15 is 0 Å². The number of nitrogens with one attached hydrogen (secondary N) is 1. The molecule has 0 spiro atoms. The highest BCUT2D eigenvalue weighted by atomic mass is 16.2. The highest BCUT2D eigenvalue weighted by Crippen LogP contribution is 2.36. The summed E-state index contributed by atoms with van der Waals surface area (Å²) in [7, 11) is 1.67. The standard InChI is InChI=1S/C32H31N5O3/c1-34(32(40)33-19-23-11-4-2-5-12-23)36-22-29(38)37-28(36)21-35(31(39)30(37)25-14-6-3-7-15-25)20-26-17-10-16-24-13-8-9-18-27(24)26/h2-18,28,30H,19-22H2,1H3,(H,33,40)/t28-,30+/m1/s1. The number of carbonyl (C=O) groups is 3. The number of nitrogens with zero attached hydrogens (tertiary/aromatic N) is 4. The Balaban J connectivity index is 1.30. The van der Waals surface area contributed by atoms with Gasteiger partial charge >= 0.3 is 6.03 Å². The Kier molecular flexibility index (Phi) is 6.92. The van der Waals surface area contributed by atoms with Crippen LogP contribution in [-0.2, 0) is 22.7 Å². The van der Waals surface area contributed by atoms with Gasteiger partial charge in [-0.25, -0.2) is 4.79 Å². The summed E-state index contributed by atoms with van der Waals surface area (Å²) in [6, 6.07) is 32.2. The quantitative estimate of drug-likeness (QED) is 0.404. The van der Waals surface area contributed by atoms with Crippen LogP contribution in [0.2, 0.25) is 0 Å². The first-order valence-corrected chi connectivity index (χ1v) is 13.4. The Hall–Kier alpha value is -4.69. The maximum atomic E-state index is 14.0. The van der Waals surface area contributed by atoms with E-state index in [4.69, 9.17) is 0 Å². The first kappa shape index (κ1) is 25.6. The molecule has 6 rings (SSSR count). The Bertz CT molecular complexity index is 1540. The number of benzene rings is 4. The van der Waals surface area contributed by atoms with Crippen molar-refractivity contribution in [3.05, 3.63) is 120 Å². The van der Waals surface area contributed by atoms with Crippen LogP contribution < -0.4 is 5.32 Å². The van der Waals surface area contributed by atoms with E-state index in [1.54, 1.807) is 17.0 Å². The molecule has 0 saturated carbocycles.